The first kappa shape index (κ1) is 17.3. The van der Waals surface area contributed by atoms with Crippen LogP contribution >= 0.6 is 0 Å². The third-order valence-electron chi connectivity index (χ3n) is 3.10. The number of amides is 2. The predicted octanol–water partition coefficient (Wildman–Crippen LogP) is 1.75. The van der Waals surface area contributed by atoms with Gasteiger partial charge in [-0.05, 0) is 36.8 Å². The summed E-state index contributed by atoms with van der Waals surface area (Å²) < 4.78 is 26.1. The summed E-state index contributed by atoms with van der Waals surface area (Å²) in [5, 5.41) is 14.3. The summed E-state index contributed by atoms with van der Waals surface area (Å²) in [6.45, 7) is 1.48. The zero-order chi connectivity index (χ0) is 17.7. The molecule has 6 nitrogen and oxygen atoms in total. The molecule has 24 heavy (non-hydrogen) atoms. The highest BCUT2D eigenvalue weighted by Crippen LogP contribution is 2.19. The molecular formula is C16H15F2N3O3. The lowest BCUT2D eigenvalue weighted by Crippen LogP contribution is -2.41. The third kappa shape index (κ3) is 4.73. The Morgan fingerprint density at radius 3 is 2.54 bits per heavy atom. The molecule has 0 aliphatic rings. The number of hydrogen-bond donors (Lipinski definition) is 3. The van der Waals surface area contributed by atoms with Gasteiger partial charge in [0.2, 0.25) is 17.7 Å². The fraction of sp³-hybridized carbons (Fsp3) is 0.188. The summed E-state index contributed by atoms with van der Waals surface area (Å²) in [4.78, 5) is 27.4. The molecule has 1 heterocycles. The van der Waals surface area contributed by atoms with Crippen molar-refractivity contribution in [2.24, 2.45) is 0 Å². The highest BCUT2D eigenvalue weighted by molar-refractivity contribution is 5.99. The van der Waals surface area contributed by atoms with E-state index < -0.39 is 29.5 Å². The van der Waals surface area contributed by atoms with Crippen LogP contribution in [0.25, 0.3) is 0 Å². The van der Waals surface area contributed by atoms with Gasteiger partial charge in [-0.3, -0.25) is 14.9 Å². The fourth-order valence-corrected chi connectivity index (χ4v) is 2.00. The summed E-state index contributed by atoms with van der Waals surface area (Å²) in [5.41, 5.74) is 0.350. The van der Waals surface area contributed by atoms with E-state index in [1.54, 1.807) is 6.07 Å². The van der Waals surface area contributed by atoms with Gasteiger partial charge in [-0.25, -0.2) is 13.8 Å². The van der Waals surface area contributed by atoms with Crippen LogP contribution in [0.3, 0.4) is 0 Å². The van der Waals surface area contributed by atoms with Crippen LogP contribution in [0, 0.1) is 11.6 Å². The molecule has 0 radical (unpaired) electrons. The summed E-state index contributed by atoms with van der Waals surface area (Å²) in [6, 6.07) is 4.97. The molecule has 0 fully saturated rings. The van der Waals surface area contributed by atoms with E-state index in [4.69, 9.17) is 0 Å². The number of anilines is 1. The summed E-state index contributed by atoms with van der Waals surface area (Å²) >= 11 is 0. The molecule has 0 aliphatic carbocycles. The number of carbonyl (C=O) groups is 2. The van der Waals surface area contributed by atoms with Gasteiger partial charge in [0.15, 0.2) is 0 Å². The summed E-state index contributed by atoms with van der Waals surface area (Å²) in [6.07, 6.45) is 1.04. The largest absolute Gasteiger partial charge is 0.492 e. The Bertz CT molecular complexity index is 748. The number of pyridine rings is 1. The van der Waals surface area contributed by atoms with Gasteiger partial charge >= 0.3 is 0 Å². The number of nitrogens with one attached hydrogen (secondary N) is 2. The van der Waals surface area contributed by atoms with Gasteiger partial charge in [0.1, 0.15) is 17.7 Å². The van der Waals surface area contributed by atoms with Crippen LogP contribution in [-0.4, -0.2) is 27.9 Å². The second kappa shape index (κ2) is 7.49. The minimum atomic E-state index is -0.840. The zero-order valence-corrected chi connectivity index (χ0v) is 12.7. The Balaban J connectivity index is 1.93. The Kier molecular flexibility index (Phi) is 5.41. The fourth-order valence-electron chi connectivity index (χ4n) is 2.00. The lowest BCUT2D eigenvalue weighted by molar-refractivity contribution is -0.130. The van der Waals surface area contributed by atoms with Crippen molar-refractivity contribution in [3.8, 4) is 5.88 Å². The molecule has 0 aliphatic heterocycles. The van der Waals surface area contributed by atoms with Crippen molar-refractivity contribution in [2.45, 2.75) is 19.4 Å². The molecule has 1 aromatic heterocycles. The number of carbonyl (C=O) groups excluding carboxylic acids is 2. The Morgan fingerprint density at radius 1 is 1.25 bits per heavy atom. The Hall–Kier alpha value is -3.03. The van der Waals surface area contributed by atoms with Gasteiger partial charge < -0.3 is 10.4 Å². The van der Waals surface area contributed by atoms with E-state index >= 15 is 0 Å². The number of rotatable bonds is 5. The van der Waals surface area contributed by atoms with Gasteiger partial charge in [0.25, 0.3) is 0 Å². The van der Waals surface area contributed by atoms with Gasteiger partial charge in [-0.1, -0.05) is 0 Å². The number of aromatic nitrogens is 1. The molecule has 1 atom stereocenters. The molecule has 2 amide bonds. The Labute approximate surface area is 136 Å². The maximum atomic E-state index is 13.1. The predicted molar refractivity (Wildman–Crippen MR) is 82.2 cm³/mol. The van der Waals surface area contributed by atoms with E-state index in [0.717, 1.165) is 12.1 Å². The van der Waals surface area contributed by atoms with Crippen molar-refractivity contribution < 1.29 is 23.5 Å². The maximum Gasteiger partial charge on any atom is 0.248 e. The molecule has 0 bridgehead atoms. The second-order valence-electron chi connectivity index (χ2n) is 5.11. The molecule has 1 aromatic carbocycles. The van der Waals surface area contributed by atoms with E-state index in [9.17, 15) is 23.5 Å². The molecule has 8 heteroatoms. The third-order valence-corrected chi connectivity index (χ3v) is 3.10. The van der Waals surface area contributed by atoms with Crippen molar-refractivity contribution in [1.82, 2.24) is 10.3 Å². The monoisotopic (exact) mass is 335 g/mol. The molecule has 2 aromatic rings. The number of benzene rings is 1. The van der Waals surface area contributed by atoms with E-state index in [0.29, 0.717) is 6.07 Å². The van der Waals surface area contributed by atoms with Crippen molar-refractivity contribution in [3.05, 3.63) is 53.7 Å². The lowest BCUT2D eigenvalue weighted by Gasteiger charge is -2.15. The zero-order valence-electron chi connectivity index (χ0n) is 12.7. The van der Waals surface area contributed by atoms with Crippen molar-refractivity contribution in [2.75, 3.05) is 5.32 Å². The molecule has 2 rings (SSSR count). The minimum Gasteiger partial charge on any atom is -0.492 e. The minimum absolute atomic E-state index is 0.114. The SMILES string of the molecule is C[C@H](Nc1cccnc1O)C(=O)NC(=O)Cc1cc(F)cc(F)c1. The van der Waals surface area contributed by atoms with Gasteiger partial charge in [0, 0.05) is 12.3 Å². The summed E-state index contributed by atoms with van der Waals surface area (Å²) in [5.74, 6) is -3.23. The number of imide groups is 1. The van der Waals surface area contributed by atoms with Crippen LogP contribution in [0.2, 0.25) is 0 Å². The average molecular weight is 335 g/mol. The molecular weight excluding hydrogens is 320 g/mol. The van der Waals surface area contributed by atoms with Crippen LogP contribution in [-0.2, 0) is 16.0 Å². The maximum absolute atomic E-state index is 13.1. The highest BCUT2D eigenvalue weighted by atomic mass is 19.1. The van der Waals surface area contributed by atoms with Gasteiger partial charge in [0.05, 0.1) is 12.1 Å². The smallest absolute Gasteiger partial charge is 0.248 e. The number of hydrogen-bond acceptors (Lipinski definition) is 5. The number of halogens is 2. The first-order valence-corrected chi connectivity index (χ1v) is 7.04. The topological polar surface area (TPSA) is 91.3 Å². The van der Waals surface area contributed by atoms with Crippen LogP contribution in [0.4, 0.5) is 14.5 Å². The van der Waals surface area contributed by atoms with Crippen LogP contribution in [0.1, 0.15) is 12.5 Å². The highest BCUT2D eigenvalue weighted by Gasteiger charge is 2.17. The Morgan fingerprint density at radius 2 is 1.92 bits per heavy atom. The molecule has 126 valence electrons. The van der Waals surface area contributed by atoms with Gasteiger partial charge in [-0.2, -0.15) is 0 Å². The van der Waals surface area contributed by atoms with E-state index in [1.165, 1.54) is 19.2 Å². The molecule has 0 spiro atoms. The summed E-state index contributed by atoms with van der Waals surface area (Å²) in [7, 11) is 0. The quantitative estimate of drug-likeness (QED) is 0.774. The normalized spacial score (nSPS) is 11.6. The van der Waals surface area contributed by atoms with Gasteiger partial charge in [-0.15, -0.1) is 0 Å². The second-order valence-corrected chi connectivity index (χ2v) is 5.11. The van der Waals surface area contributed by atoms with Crippen molar-refractivity contribution in [1.29, 1.82) is 0 Å². The van der Waals surface area contributed by atoms with Crippen LogP contribution in [0.5, 0.6) is 5.88 Å². The molecule has 3 N–H and O–H groups in total. The molecule has 0 unspecified atom stereocenters. The number of aromatic hydroxyl groups is 1. The first-order valence-electron chi connectivity index (χ1n) is 7.04. The van der Waals surface area contributed by atoms with Crippen LogP contribution in [0.15, 0.2) is 36.5 Å². The van der Waals surface area contributed by atoms with E-state index in [1.807, 2.05) is 0 Å². The van der Waals surface area contributed by atoms with Crippen molar-refractivity contribution in [3.63, 3.8) is 0 Å². The standard InChI is InChI=1S/C16H15F2N3O3/c1-9(20-13-3-2-4-19-16(13)24)15(23)21-14(22)7-10-5-11(17)8-12(18)6-10/h2-6,8-9,20H,7H2,1H3,(H,19,24)(H,21,22,23)/t9-/m0/s1. The molecule has 0 saturated heterocycles. The average Bonchev–Trinajstić information content (AvgIpc) is 2.48. The van der Waals surface area contributed by atoms with Crippen molar-refractivity contribution >= 4 is 17.5 Å². The van der Waals surface area contributed by atoms with Crippen LogP contribution < -0.4 is 10.6 Å². The number of nitrogens with zero attached hydrogens (tertiary/aromatic N) is 1. The van der Waals surface area contributed by atoms with E-state index in [-0.39, 0.29) is 23.6 Å². The first-order chi connectivity index (χ1) is 11.3. The molecule has 0 saturated carbocycles. The van der Waals surface area contributed by atoms with E-state index in [2.05, 4.69) is 15.6 Å². The lowest BCUT2D eigenvalue weighted by atomic mass is 10.1.